The van der Waals surface area contributed by atoms with Crippen LogP contribution in [0.2, 0.25) is 0 Å². The highest BCUT2D eigenvalue weighted by atomic mass is 16.6. The molecule has 1 heterocycles. The number of aryl methyl sites for hydroxylation is 1. The van der Waals surface area contributed by atoms with E-state index in [0.29, 0.717) is 5.76 Å². The molecule has 15 heavy (non-hydrogen) atoms. The lowest BCUT2D eigenvalue weighted by Crippen LogP contribution is -2.20. The molecule has 0 saturated heterocycles. The summed E-state index contributed by atoms with van der Waals surface area (Å²) in [5.41, 5.74) is 0.843. The number of rotatable bonds is 2. The number of carbonyl (C=O) groups is 1. The van der Waals surface area contributed by atoms with Crippen molar-refractivity contribution in [3.05, 3.63) is 23.7 Å². The van der Waals surface area contributed by atoms with E-state index >= 15 is 0 Å². The summed E-state index contributed by atoms with van der Waals surface area (Å²) in [7, 11) is 0. The number of esters is 1. The third-order valence-electron chi connectivity index (χ3n) is 2.87. The first-order chi connectivity index (χ1) is 7.27. The van der Waals surface area contributed by atoms with Gasteiger partial charge < -0.3 is 9.15 Å². The molecule has 0 radical (unpaired) electrons. The van der Waals surface area contributed by atoms with Crippen LogP contribution in [0.1, 0.15) is 48.2 Å². The zero-order valence-corrected chi connectivity index (χ0v) is 8.99. The van der Waals surface area contributed by atoms with Gasteiger partial charge in [-0.15, -0.1) is 0 Å². The summed E-state index contributed by atoms with van der Waals surface area (Å²) < 4.78 is 10.5. The summed E-state index contributed by atoms with van der Waals surface area (Å²) in [5.74, 6) is 0.0324. The molecule has 0 spiro atoms. The van der Waals surface area contributed by atoms with Gasteiger partial charge in [-0.25, -0.2) is 4.79 Å². The molecule has 1 aliphatic rings. The van der Waals surface area contributed by atoms with Crippen LogP contribution in [0, 0.1) is 6.92 Å². The number of hydrogen-bond acceptors (Lipinski definition) is 3. The second-order valence-electron chi connectivity index (χ2n) is 4.10. The van der Waals surface area contributed by atoms with E-state index in [1.54, 1.807) is 6.07 Å². The van der Waals surface area contributed by atoms with E-state index in [1.165, 1.54) is 12.7 Å². The van der Waals surface area contributed by atoms with Crippen LogP contribution in [0.4, 0.5) is 0 Å². The van der Waals surface area contributed by atoms with E-state index in [1.807, 2.05) is 6.92 Å². The average molecular weight is 208 g/mol. The van der Waals surface area contributed by atoms with Gasteiger partial charge in [0.05, 0.1) is 6.26 Å². The fourth-order valence-corrected chi connectivity index (χ4v) is 1.97. The second kappa shape index (κ2) is 4.51. The molecule has 1 aliphatic carbocycles. The molecular formula is C12H16O3. The standard InChI is InChI=1S/C12H16O3/c1-9-7-8-14-11(9)12(13)15-10-5-3-2-4-6-10/h7-8,10H,2-6H2,1H3. The van der Waals surface area contributed by atoms with Crippen molar-refractivity contribution < 1.29 is 13.9 Å². The van der Waals surface area contributed by atoms with Gasteiger partial charge >= 0.3 is 5.97 Å². The van der Waals surface area contributed by atoms with E-state index in [4.69, 9.17) is 9.15 Å². The largest absolute Gasteiger partial charge is 0.457 e. The third kappa shape index (κ3) is 2.41. The van der Waals surface area contributed by atoms with Crippen molar-refractivity contribution in [2.45, 2.75) is 45.1 Å². The molecule has 1 saturated carbocycles. The Morgan fingerprint density at radius 2 is 2.13 bits per heavy atom. The van der Waals surface area contributed by atoms with E-state index in [-0.39, 0.29) is 12.1 Å². The van der Waals surface area contributed by atoms with E-state index < -0.39 is 0 Å². The van der Waals surface area contributed by atoms with Gasteiger partial charge in [-0.3, -0.25) is 0 Å². The van der Waals surface area contributed by atoms with Crippen molar-refractivity contribution in [3.63, 3.8) is 0 Å². The Morgan fingerprint density at radius 1 is 1.40 bits per heavy atom. The maximum Gasteiger partial charge on any atom is 0.374 e. The Hall–Kier alpha value is -1.25. The van der Waals surface area contributed by atoms with E-state index in [9.17, 15) is 4.79 Å². The molecule has 1 aromatic rings. The van der Waals surface area contributed by atoms with Gasteiger partial charge in [0, 0.05) is 5.56 Å². The summed E-state index contributed by atoms with van der Waals surface area (Å²) in [6.07, 6.45) is 7.18. The Morgan fingerprint density at radius 3 is 2.73 bits per heavy atom. The lowest BCUT2D eigenvalue weighted by atomic mass is 9.98. The van der Waals surface area contributed by atoms with E-state index in [2.05, 4.69) is 0 Å². The molecule has 0 unspecified atom stereocenters. The Balaban J connectivity index is 1.94. The predicted octanol–water partition coefficient (Wildman–Crippen LogP) is 3.08. The summed E-state index contributed by atoms with van der Waals surface area (Å²) in [6.45, 7) is 1.85. The van der Waals surface area contributed by atoms with Crippen LogP contribution in [-0.2, 0) is 4.74 Å². The molecule has 3 nitrogen and oxygen atoms in total. The normalized spacial score (nSPS) is 17.7. The minimum atomic E-state index is -0.315. The van der Waals surface area contributed by atoms with Crippen LogP contribution in [0.5, 0.6) is 0 Å². The van der Waals surface area contributed by atoms with E-state index in [0.717, 1.165) is 31.2 Å². The Labute approximate surface area is 89.4 Å². The van der Waals surface area contributed by atoms with Crippen LogP contribution in [0.3, 0.4) is 0 Å². The van der Waals surface area contributed by atoms with Gasteiger partial charge in [0.25, 0.3) is 0 Å². The molecular weight excluding hydrogens is 192 g/mol. The van der Waals surface area contributed by atoms with Gasteiger partial charge in [-0.1, -0.05) is 6.42 Å². The first kappa shape index (κ1) is 10.3. The molecule has 0 aromatic carbocycles. The molecule has 1 aromatic heterocycles. The van der Waals surface area contributed by atoms with Gasteiger partial charge in [0.1, 0.15) is 6.10 Å². The molecule has 0 amide bonds. The topological polar surface area (TPSA) is 39.4 Å². The Bertz CT molecular complexity index is 334. The highest BCUT2D eigenvalue weighted by molar-refractivity contribution is 5.87. The Kier molecular flexibility index (Phi) is 3.09. The highest BCUT2D eigenvalue weighted by Gasteiger charge is 2.21. The molecule has 3 heteroatoms. The lowest BCUT2D eigenvalue weighted by Gasteiger charge is -2.21. The molecule has 0 atom stereocenters. The monoisotopic (exact) mass is 208 g/mol. The molecule has 2 rings (SSSR count). The highest BCUT2D eigenvalue weighted by Crippen LogP contribution is 2.22. The number of hydrogen-bond donors (Lipinski definition) is 0. The summed E-state index contributed by atoms with van der Waals surface area (Å²) in [5, 5.41) is 0. The maximum atomic E-state index is 11.7. The lowest BCUT2D eigenvalue weighted by molar-refractivity contribution is 0.0176. The second-order valence-corrected chi connectivity index (χ2v) is 4.10. The van der Waals surface area contributed by atoms with Gasteiger partial charge in [0.15, 0.2) is 0 Å². The quantitative estimate of drug-likeness (QED) is 0.701. The molecule has 0 aliphatic heterocycles. The van der Waals surface area contributed by atoms with Crippen molar-refractivity contribution in [3.8, 4) is 0 Å². The molecule has 82 valence electrons. The van der Waals surface area contributed by atoms with Crippen LogP contribution in [0.25, 0.3) is 0 Å². The van der Waals surface area contributed by atoms with Crippen molar-refractivity contribution in [1.82, 2.24) is 0 Å². The van der Waals surface area contributed by atoms with Crippen LogP contribution in [0.15, 0.2) is 16.7 Å². The fraction of sp³-hybridized carbons (Fsp3) is 0.583. The molecule has 0 bridgehead atoms. The number of furan rings is 1. The smallest absolute Gasteiger partial charge is 0.374 e. The fourth-order valence-electron chi connectivity index (χ4n) is 1.97. The predicted molar refractivity (Wildman–Crippen MR) is 55.7 cm³/mol. The van der Waals surface area contributed by atoms with Gasteiger partial charge in [-0.05, 0) is 38.7 Å². The average Bonchev–Trinajstić information content (AvgIpc) is 2.66. The minimum Gasteiger partial charge on any atom is -0.457 e. The first-order valence-electron chi connectivity index (χ1n) is 5.52. The summed E-state index contributed by atoms with van der Waals surface area (Å²) in [4.78, 5) is 11.7. The van der Waals surface area contributed by atoms with Crippen LogP contribution >= 0.6 is 0 Å². The van der Waals surface area contributed by atoms with Gasteiger partial charge in [0.2, 0.25) is 5.76 Å². The van der Waals surface area contributed by atoms with Crippen molar-refractivity contribution in [2.24, 2.45) is 0 Å². The summed E-state index contributed by atoms with van der Waals surface area (Å²) >= 11 is 0. The zero-order chi connectivity index (χ0) is 10.7. The zero-order valence-electron chi connectivity index (χ0n) is 8.99. The van der Waals surface area contributed by atoms with Gasteiger partial charge in [-0.2, -0.15) is 0 Å². The molecule has 0 N–H and O–H groups in total. The van der Waals surface area contributed by atoms with Crippen molar-refractivity contribution >= 4 is 5.97 Å². The van der Waals surface area contributed by atoms with Crippen molar-refractivity contribution in [1.29, 1.82) is 0 Å². The molecule has 1 fully saturated rings. The third-order valence-corrected chi connectivity index (χ3v) is 2.87. The number of ether oxygens (including phenoxy) is 1. The maximum absolute atomic E-state index is 11.7. The minimum absolute atomic E-state index is 0.0933. The number of carbonyl (C=O) groups excluding carboxylic acids is 1. The van der Waals surface area contributed by atoms with Crippen molar-refractivity contribution in [2.75, 3.05) is 0 Å². The summed E-state index contributed by atoms with van der Waals surface area (Å²) in [6, 6.07) is 1.78. The SMILES string of the molecule is Cc1ccoc1C(=O)OC1CCCCC1. The van der Waals surface area contributed by atoms with Crippen LogP contribution in [-0.4, -0.2) is 12.1 Å². The van der Waals surface area contributed by atoms with Crippen LogP contribution < -0.4 is 0 Å². The first-order valence-corrected chi connectivity index (χ1v) is 5.52.